The second kappa shape index (κ2) is 11.4. The van der Waals surface area contributed by atoms with Crippen LogP contribution in [-0.2, 0) is 9.53 Å². The summed E-state index contributed by atoms with van der Waals surface area (Å²) in [5.74, 6) is 0.781. The fourth-order valence-electron chi connectivity index (χ4n) is 3.53. The van der Waals surface area contributed by atoms with Crippen LogP contribution in [0, 0.1) is 23.7 Å². The van der Waals surface area contributed by atoms with Gasteiger partial charge in [0.25, 0.3) is 0 Å². The van der Waals surface area contributed by atoms with Gasteiger partial charge in [0.05, 0.1) is 6.61 Å². The van der Waals surface area contributed by atoms with Crippen LogP contribution in [0.4, 0.5) is 4.79 Å². The lowest BCUT2D eigenvalue weighted by Crippen LogP contribution is -2.47. The SMILES string of the molecule is CCC(CC)C(C)N(CC)C(=O)C(C)C(COC(=O)N(C)C)C(C)C. The molecule has 0 N–H and O–H groups in total. The minimum atomic E-state index is -0.358. The Kier molecular flexibility index (Phi) is 10.8. The van der Waals surface area contributed by atoms with E-state index in [9.17, 15) is 9.59 Å². The Morgan fingerprint density at radius 2 is 1.48 bits per heavy atom. The second-order valence-corrected chi connectivity index (χ2v) is 7.61. The molecule has 25 heavy (non-hydrogen) atoms. The molecule has 0 radical (unpaired) electrons. The van der Waals surface area contributed by atoms with Crippen molar-refractivity contribution < 1.29 is 14.3 Å². The molecule has 0 saturated heterocycles. The maximum Gasteiger partial charge on any atom is 0.409 e. The Hall–Kier alpha value is -1.26. The maximum atomic E-state index is 13.2. The minimum Gasteiger partial charge on any atom is -0.449 e. The van der Waals surface area contributed by atoms with Gasteiger partial charge in [0.1, 0.15) is 0 Å². The number of carbonyl (C=O) groups excluding carboxylic acids is 2. The van der Waals surface area contributed by atoms with E-state index in [1.807, 2.05) is 18.7 Å². The van der Waals surface area contributed by atoms with E-state index >= 15 is 0 Å². The first-order valence-corrected chi connectivity index (χ1v) is 9.76. The van der Waals surface area contributed by atoms with Crippen molar-refractivity contribution in [1.29, 1.82) is 0 Å². The molecule has 0 aliphatic heterocycles. The van der Waals surface area contributed by atoms with Gasteiger partial charge in [-0.2, -0.15) is 0 Å². The Balaban J connectivity index is 5.16. The lowest BCUT2D eigenvalue weighted by molar-refractivity contribution is -0.141. The van der Waals surface area contributed by atoms with Gasteiger partial charge in [-0.3, -0.25) is 4.79 Å². The van der Waals surface area contributed by atoms with E-state index < -0.39 is 0 Å². The molecule has 0 aliphatic carbocycles. The summed E-state index contributed by atoms with van der Waals surface area (Å²) in [6.45, 7) is 15.7. The van der Waals surface area contributed by atoms with Gasteiger partial charge in [-0.05, 0) is 25.7 Å². The maximum absolute atomic E-state index is 13.2. The lowest BCUT2D eigenvalue weighted by atomic mass is 9.83. The molecule has 5 heteroatoms. The molecule has 0 aliphatic rings. The molecule has 5 nitrogen and oxygen atoms in total. The van der Waals surface area contributed by atoms with Crippen molar-refractivity contribution in [3.05, 3.63) is 0 Å². The quantitative estimate of drug-likeness (QED) is 0.587. The fraction of sp³-hybridized carbons (Fsp3) is 0.900. The van der Waals surface area contributed by atoms with Gasteiger partial charge in [0, 0.05) is 38.5 Å². The third-order valence-electron chi connectivity index (χ3n) is 5.50. The average molecular weight is 357 g/mol. The van der Waals surface area contributed by atoms with Crippen molar-refractivity contribution in [1.82, 2.24) is 9.80 Å². The zero-order valence-electron chi connectivity index (χ0n) is 17.8. The standard InChI is InChI=1S/C20H40N2O3/c1-10-17(11-2)16(7)22(12-3)19(23)15(6)18(14(4)5)13-25-20(24)21(8)9/h14-18H,10-13H2,1-9H3. The Morgan fingerprint density at radius 1 is 0.960 bits per heavy atom. The summed E-state index contributed by atoms with van der Waals surface area (Å²) in [5.41, 5.74) is 0. The van der Waals surface area contributed by atoms with E-state index in [-0.39, 0.29) is 42.4 Å². The molecule has 0 aromatic rings. The summed E-state index contributed by atoms with van der Waals surface area (Å²) in [6.07, 6.45) is 1.79. The molecular formula is C20H40N2O3. The first-order chi connectivity index (χ1) is 11.6. The molecule has 0 saturated carbocycles. The van der Waals surface area contributed by atoms with Crippen LogP contribution in [0.2, 0.25) is 0 Å². The molecule has 3 atom stereocenters. The first-order valence-electron chi connectivity index (χ1n) is 9.76. The highest BCUT2D eigenvalue weighted by atomic mass is 16.6. The van der Waals surface area contributed by atoms with Gasteiger partial charge < -0.3 is 14.5 Å². The predicted octanol–water partition coefficient (Wildman–Crippen LogP) is 4.27. The minimum absolute atomic E-state index is 0.0133. The summed E-state index contributed by atoms with van der Waals surface area (Å²) in [6, 6.07) is 0.229. The molecule has 0 spiro atoms. The van der Waals surface area contributed by atoms with E-state index in [1.165, 1.54) is 4.90 Å². The molecule has 0 heterocycles. The van der Waals surface area contributed by atoms with Gasteiger partial charge in [0.15, 0.2) is 0 Å². The van der Waals surface area contributed by atoms with E-state index in [0.29, 0.717) is 12.5 Å². The van der Waals surface area contributed by atoms with E-state index in [2.05, 4.69) is 34.6 Å². The number of nitrogens with zero attached hydrogens (tertiary/aromatic N) is 2. The van der Waals surface area contributed by atoms with Crippen LogP contribution in [0.1, 0.15) is 61.3 Å². The van der Waals surface area contributed by atoms with Crippen molar-refractivity contribution in [2.75, 3.05) is 27.2 Å². The van der Waals surface area contributed by atoms with Gasteiger partial charge >= 0.3 is 6.09 Å². The van der Waals surface area contributed by atoms with Crippen LogP contribution in [0.3, 0.4) is 0 Å². The third kappa shape index (κ3) is 6.87. The van der Waals surface area contributed by atoms with Crippen molar-refractivity contribution in [3.63, 3.8) is 0 Å². The molecule has 0 rings (SSSR count). The second-order valence-electron chi connectivity index (χ2n) is 7.61. The zero-order chi connectivity index (χ0) is 19.7. The Bertz CT molecular complexity index is 406. The third-order valence-corrected chi connectivity index (χ3v) is 5.50. The number of rotatable bonds is 10. The number of hydrogen-bond acceptors (Lipinski definition) is 3. The van der Waals surface area contributed by atoms with Crippen LogP contribution in [0.15, 0.2) is 0 Å². The largest absolute Gasteiger partial charge is 0.449 e. The number of amides is 2. The Labute approximate surface area is 155 Å². The summed E-state index contributed by atoms with van der Waals surface area (Å²) < 4.78 is 5.38. The Morgan fingerprint density at radius 3 is 1.84 bits per heavy atom. The van der Waals surface area contributed by atoms with Gasteiger partial charge in [-0.1, -0.05) is 47.5 Å². The summed E-state index contributed by atoms with van der Waals surface area (Å²) in [5, 5.41) is 0. The molecule has 0 aromatic heterocycles. The van der Waals surface area contributed by atoms with Crippen LogP contribution in [0.25, 0.3) is 0 Å². The van der Waals surface area contributed by atoms with E-state index in [0.717, 1.165) is 12.8 Å². The van der Waals surface area contributed by atoms with Crippen molar-refractivity contribution in [3.8, 4) is 0 Å². The fourth-order valence-corrected chi connectivity index (χ4v) is 3.53. The van der Waals surface area contributed by atoms with Crippen LogP contribution in [0.5, 0.6) is 0 Å². The average Bonchev–Trinajstić information content (AvgIpc) is 2.55. The van der Waals surface area contributed by atoms with Crippen LogP contribution >= 0.6 is 0 Å². The monoisotopic (exact) mass is 356 g/mol. The molecule has 0 fully saturated rings. The van der Waals surface area contributed by atoms with Crippen molar-refractivity contribution in [2.24, 2.45) is 23.7 Å². The summed E-state index contributed by atoms with van der Waals surface area (Å²) in [7, 11) is 3.33. The normalized spacial score (nSPS) is 15.0. The van der Waals surface area contributed by atoms with Gasteiger partial charge in [-0.15, -0.1) is 0 Å². The number of carbonyl (C=O) groups is 2. The first kappa shape index (κ1) is 23.7. The van der Waals surface area contributed by atoms with Gasteiger partial charge in [-0.25, -0.2) is 4.79 Å². The molecule has 0 aromatic carbocycles. The number of ether oxygens (including phenoxy) is 1. The van der Waals surface area contributed by atoms with Gasteiger partial charge in [0.2, 0.25) is 5.91 Å². The topological polar surface area (TPSA) is 49.9 Å². The van der Waals surface area contributed by atoms with Crippen LogP contribution < -0.4 is 0 Å². The highest BCUT2D eigenvalue weighted by molar-refractivity contribution is 5.79. The smallest absolute Gasteiger partial charge is 0.409 e. The molecule has 2 amide bonds. The molecule has 3 unspecified atom stereocenters. The lowest BCUT2D eigenvalue weighted by Gasteiger charge is -2.37. The molecule has 148 valence electrons. The van der Waals surface area contributed by atoms with Crippen LogP contribution in [-0.4, -0.2) is 55.1 Å². The molecule has 0 bridgehead atoms. The van der Waals surface area contributed by atoms with Crippen molar-refractivity contribution in [2.45, 2.75) is 67.3 Å². The highest BCUT2D eigenvalue weighted by Crippen LogP contribution is 2.26. The number of hydrogen-bond donors (Lipinski definition) is 0. The summed E-state index contributed by atoms with van der Waals surface area (Å²) >= 11 is 0. The highest BCUT2D eigenvalue weighted by Gasteiger charge is 2.33. The van der Waals surface area contributed by atoms with E-state index in [4.69, 9.17) is 4.74 Å². The zero-order valence-corrected chi connectivity index (χ0v) is 17.8. The predicted molar refractivity (Wildman–Crippen MR) is 103 cm³/mol. The van der Waals surface area contributed by atoms with Crippen molar-refractivity contribution >= 4 is 12.0 Å². The molecular weight excluding hydrogens is 316 g/mol. The summed E-state index contributed by atoms with van der Waals surface area (Å²) in [4.78, 5) is 28.3. The van der Waals surface area contributed by atoms with E-state index in [1.54, 1.807) is 14.1 Å².